The van der Waals surface area contributed by atoms with Crippen molar-refractivity contribution in [2.75, 3.05) is 0 Å². The van der Waals surface area contributed by atoms with Crippen LogP contribution in [-0.4, -0.2) is 4.98 Å². The SMILES string of the molecule is C[C@H](N)c1nccc(Cl)c1F.Cl. The first-order valence-corrected chi connectivity index (χ1v) is 3.56. The van der Waals surface area contributed by atoms with Gasteiger partial charge >= 0.3 is 0 Å². The summed E-state index contributed by atoms with van der Waals surface area (Å²) in [7, 11) is 0. The van der Waals surface area contributed by atoms with E-state index in [4.69, 9.17) is 17.3 Å². The summed E-state index contributed by atoms with van der Waals surface area (Å²) in [4.78, 5) is 3.75. The van der Waals surface area contributed by atoms with Crippen molar-refractivity contribution in [1.29, 1.82) is 0 Å². The van der Waals surface area contributed by atoms with Gasteiger partial charge in [0.15, 0.2) is 5.82 Å². The molecule has 12 heavy (non-hydrogen) atoms. The molecule has 1 atom stereocenters. The van der Waals surface area contributed by atoms with Crippen LogP contribution >= 0.6 is 24.0 Å². The van der Waals surface area contributed by atoms with Crippen molar-refractivity contribution in [1.82, 2.24) is 4.98 Å². The highest BCUT2D eigenvalue weighted by Crippen LogP contribution is 2.18. The van der Waals surface area contributed by atoms with Gasteiger partial charge in [-0.2, -0.15) is 0 Å². The minimum absolute atomic E-state index is 0. The van der Waals surface area contributed by atoms with Crippen LogP contribution < -0.4 is 5.73 Å². The van der Waals surface area contributed by atoms with Crippen molar-refractivity contribution >= 4 is 24.0 Å². The Labute approximate surface area is 81.3 Å². The molecule has 0 saturated carbocycles. The van der Waals surface area contributed by atoms with E-state index in [-0.39, 0.29) is 23.1 Å². The molecule has 0 radical (unpaired) electrons. The highest BCUT2D eigenvalue weighted by atomic mass is 35.5. The maximum absolute atomic E-state index is 13.0. The molecule has 1 aromatic heterocycles. The summed E-state index contributed by atoms with van der Waals surface area (Å²) in [6, 6.07) is 0.969. The molecule has 0 unspecified atom stereocenters. The minimum Gasteiger partial charge on any atom is -0.323 e. The zero-order valence-corrected chi connectivity index (χ0v) is 7.99. The number of halogens is 3. The molecular formula is C7H9Cl2FN2. The molecule has 1 heterocycles. The Kier molecular flexibility index (Phi) is 4.45. The first-order valence-electron chi connectivity index (χ1n) is 3.18. The van der Waals surface area contributed by atoms with E-state index >= 15 is 0 Å². The molecule has 0 bridgehead atoms. The van der Waals surface area contributed by atoms with Crippen molar-refractivity contribution in [3.8, 4) is 0 Å². The van der Waals surface area contributed by atoms with Gasteiger partial charge in [-0.1, -0.05) is 11.6 Å². The minimum atomic E-state index is -0.524. The van der Waals surface area contributed by atoms with Crippen LogP contribution in [0.5, 0.6) is 0 Å². The van der Waals surface area contributed by atoms with Crippen molar-refractivity contribution < 1.29 is 4.39 Å². The van der Waals surface area contributed by atoms with Crippen LogP contribution in [0.25, 0.3) is 0 Å². The Hall–Kier alpha value is -0.380. The number of nitrogens with two attached hydrogens (primary N) is 1. The Balaban J connectivity index is 0.00000121. The zero-order valence-electron chi connectivity index (χ0n) is 6.42. The van der Waals surface area contributed by atoms with Gasteiger partial charge in [0.2, 0.25) is 0 Å². The topological polar surface area (TPSA) is 38.9 Å². The fraction of sp³-hybridized carbons (Fsp3) is 0.286. The molecule has 0 amide bonds. The molecular weight excluding hydrogens is 202 g/mol. The van der Waals surface area contributed by atoms with Crippen LogP contribution in [0, 0.1) is 5.82 Å². The normalized spacial score (nSPS) is 12.0. The van der Waals surface area contributed by atoms with Gasteiger partial charge in [-0.15, -0.1) is 12.4 Å². The third-order valence-electron chi connectivity index (χ3n) is 1.30. The standard InChI is InChI=1S/C7H8ClFN2.ClH/c1-4(10)7-6(9)5(8)2-3-11-7;/h2-4H,10H2,1H3;1H/t4-;/m0./s1. The van der Waals surface area contributed by atoms with Crippen molar-refractivity contribution in [2.24, 2.45) is 5.73 Å². The van der Waals surface area contributed by atoms with Crippen molar-refractivity contribution in [2.45, 2.75) is 13.0 Å². The second-order valence-corrected chi connectivity index (χ2v) is 2.69. The molecule has 68 valence electrons. The van der Waals surface area contributed by atoms with Gasteiger partial charge in [-0.25, -0.2) is 4.39 Å². The molecule has 0 aliphatic carbocycles. The second-order valence-electron chi connectivity index (χ2n) is 2.28. The molecule has 1 aromatic rings. The predicted molar refractivity (Wildman–Crippen MR) is 49.1 cm³/mol. The number of rotatable bonds is 1. The molecule has 0 saturated heterocycles. The maximum atomic E-state index is 13.0. The number of aromatic nitrogens is 1. The van der Waals surface area contributed by atoms with E-state index in [1.54, 1.807) is 6.92 Å². The van der Waals surface area contributed by atoms with Gasteiger partial charge in [-0.05, 0) is 13.0 Å². The molecule has 0 aliphatic rings. The third kappa shape index (κ3) is 2.30. The van der Waals surface area contributed by atoms with Crippen molar-refractivity contribution in [3.05, 3.63) is 28.8 Å². The Morgan fingerprint density at radius 1 is 1.67 bits per heavy atom. The maximum Gasteiger partial charge on any atom is 0.164 e. The van der Waals surface area contributed by atoms with Crippen LogP contribution in [-0.2, 0) is 0 Å². The van der Waals surface area contributed by atoms with Crippen LogP contribution in [0.3, 0.4) is 0 Å². The lowest BCUT2D eigenvalue weighted by molar-refractivity contribution is 0.579. The molecule has 0 aromatic carbocycles. The molecule has 1 rings (SSSR count). The van der Waals surface area contributed by atoms with Crippen LogP contribution in [0.1, 0.15) is 18.7 Å². The molecule has 0 aliphatic heterocycles. The average Bonchev–Trinajstić information content (AvgIpc) is 1.94. The first kappa shape index (κ1) is 11.6. The van der Waals surface area contributed by atoms with E-state index in [2.05, 4.69) is 4.98 Å². The quantitative estimate of drug-likeness (QED) is 0.773. The molecule has 0 spiro atoms. The molecule has 2 nitrogen and oxygen atoms in total. The van der Waals surface area contributed by atoms with Gasteiger partial charge in [-0.3, -0.25) is 4.98 Å². The van der Waals surface area contributed by atoms with Gasteiger partial charge in [0, 0.05) is 12.2 Å². The Morgan fingerprint density at radius 3 is 2.67 bits per heavy atom. The van der Waals surface area contributed by atoms with E-state index in [9.17, 15) is 4.39 Å². The highest BCUT2D eigenvalue weighted by molar-refractivity contribution is 6.30. The summed E-state index contributed by atoms with van der Waals surface area (Å²) in [5, 5.41) is 0.0623. The summed E-state index contributed by atoms with van der Waals surface area (Å²) in [5.41, 5.74) is 5.63. The summed E-state index contributed by atoms with van der Waals surface area (Å²) in [6.45, 7) is 1.65. The van der Waals surface area contributed by atoms with Crippen LogP contribution in [0.4, 0.5) is 4.39 Å². The van der Waals surface area contributed by atoms with E-state index < -0.39 is 11.9 Å². The monoisotopic (exact) mass is 210 g/mol. The fourth-order valence-electron chi connectivity index (χ4n) is 0.753. The van der Waals surface area contributed by atoms with Gasteiger partial charge in [0.05, 0.1) is 10.7 Å². The van der Waals surface area contributed by atoms with E-state index in [0.717, 1.165) is 0 Å². The van der Waals surface area contributed by atoms with Gasteiger partial charge in [0.25, 0.3) is 0 Å². The number of nitrogens with zero attached hydrogens (tertiary/aromatic N) is 1. The number of pyridine rings is 1. The van der Waals surface area contributed by atoms with Crippen LogP contribution in [0.15, 0.2) is 12.3 Å². The molecule has 5 heteroatoms. The number of hydrogen-bond acceptors (Lipinski definition) is 2. The van der Waals surface area contributed by atoms with Crippen molar-refractivity contribution in [3.63, 3.8) is 0 Å². The van der Waals surface area contributed by atoms with Crippen LogP contribution in [0.2, 0.25) is 5.02 Å². The lowest BCUT2D eigenvalue weighted by Gasteiger charge is -2.05. The second kappa shape index (κ2) is 4.60. The fourth-order valence-corrected chi connectivity index (χ4v) is 0.906. The van der Waals surface area contributed by atoms with E-state index in [0.29, 0.717) is 0 Å². The lowest BCUT2D eigenvalue weighted by Crippen LogP contribution is -2.09. The molecule has 2 N–H and O–H groups in total. The Bertz CT molecular complexity index is 266. The lowest BCUT2D eigenvalue weighted by atomic mass is 10.2. The predicted octanol–water partition coefficient (Wildman–Crippen LogP) is 2.32. The Morgan fingerprint density at radius 2 is 2.25 bits per heavy atom. The summed E-state index contributed by atoms with van der Waals surface area (Å²) < 4.78 is 13.0. The first-order chi connectivity index (χ1) is 5.13. The van der Waals surface area contributed by atoms with Gasteiger partial charge < -0.3 is 5.73 Å². The average molecular weight is 211 g/mol. The van der Waals surface area contributed by atoms with E-state index in [1.165, 1.54) is 12.3 Å². The molecule has 0 fully saturated rings. The summed E-state index contributed by atoms with van der Waals surface area (Å²) >= 11 is 5.49. The highest BCUT2D eigenvalue weighted by Gasteiger charge is 2.10. The van der Waals surface area contributed by atoms with Gasteiger partial charge in [0.1, 0.15) is 0 Å². The summed E-state index contributed by atoms with van der Waals surface area (Å²) in [5.74, 6) is -0.524. The smallest absolute Gasteiger partial charge is 0.164 e. The zero-order chi connectivity index (χ0) is 8.43. The third-order valence-corrected chi connectivity index (χ3v) is 1.59. The largest absolute Gasteiger partial charge is 0.323 e. The summed E-state index contributed by atoms with van der Waals surface area (Å²) in [6.07, 6.45) is 1.43. The van der Waals surface area contributed by atoms with E-state index in [1.807, 2.05) is 0 Å². The number of hydrogen-bond donors (Lipinski definition) is 1.